The number of rotatable bonds is 1. The topological polar surface area (TPSA) is 29.1 Å². The number of halogens is 1. The van der Waals surface area contributed by atoms with Crippen molar-refractivity contribution in [2.24, 2.45) is 0 Å². The second kappa shape index (κ2) is 4.56. The van der Waals surface area contributed by atoms with Crippen LogP contribution in [0, 0.1) is 6.92 Å². The monoisotopic (exact) mass is 269 g/mol. The van der Waals surface area contributed by atoms with E-state index >= 15 is 0 Å². The first-order valence-corrected chi connectivity index (χ1v) is 6.41. The van der Waals surface area contributed by atoms with Gasteiger partial charge >= 0.3 is 0 Å². The molecule has 94 valence electrons. The van der Waals surface area contributed by atoms with Crippen LogP contribution in [-0.2, 0) is 4.79 Å². The highest BCUT2D eigenvalue weighted by molar-refractivity contribution is 6.37. The van der Waals surface area contributed by atoms with Crippen LogP contribution in [0.5, 0.6) is 0 Å². The molecule has 0 saturated heterocycles. The molecule has 0 aromatic heterocycles. The number of carbonyl (C=O) groups excluding carboxylic acids is 1. The maximum Gasteiger partial charge on any atom is 0.256 e. The average molecular weight is 270 g/mol. The molecule has 0 radical (unpaired) electrons. The Morgan fingerprint density at radius 2 is 1.95 bits per heavy atom. The number of hydrogen-bond donors (Lipinski definition) is 1. The Morgan fingerprint density at radius 3 is 2.74 bits per heavy atom. The molecule has 0 fully saturated rings. The normalized spacial score (nSPS) is 15.5. The second-order valence-corrected chi connectivity index (χ2v) is 4.99. The summed E-state index contributed by atoms with van der Waals surface area (Å²) in [4.78, 5) is 12.0. The van der Waals surface area contributed by atoms with Gasteiger partial charge in [-0.25, -0.2) is 0 Å². The lowest BCUT2D eigenvalue weighted by Crippen LogP contribution is -2.03. The average Bonchev–Trinajstić information content (AvgIpc) is 2.69. The van der Waals surface area contributed by atoms with Crippen molar-refractivity contribution in [3.05, 3.63) is 64.2 Å². The molecular weight excluding hydrogens is 258 g/mol. The number of nitrogens with one attached hydrogen (secondary N) is 1. The van der Waals surface area contributed by atoms with Crippen LogP contribution in [0.3, 0.4) is 0 Å². The van der Waals surface area contributed by atoms with E-state index in [0.717, 1.165) is 22.4 Å². The molecule has 3 heteroatoms. The Balaban J connectivity index is 2.14. The summed E-state index contributed by atoms with van der Waals surface area (Å²) < 4.78 is 0. The zero-order valence-electron chi connectivity index (χ0n) is 10.4. The van der Waals surface area contributed by atoms with Crippen molar-refractivity contribution in [3.63, 3.8) is 0 Å². The second-order valence-electron chi connectivity index (χ2n) is 4.58. The van der Waals surface area contributed by atoms with Gasteiger partial charge in [-0.1, -0.05) is 41.4 Å². The van der Waals surface area contributed by atoms with Gasteiger partial charge in [0.1, 0.15) is 0 Å². The van der Waals surface area contributed by atoms with Gasteiger partial charge in [-0.2, -0.15) is 0 Å². The van der Waals surface area contributed by atoms with Gasteiger partial charge < -0.3 is 5.32 Å². The molecule has 2 nitrogen and oxygen atoms in total. The van der Waals surface area contributed by atoms with E-state index in [9.17, 15) is 4.79 Å². The SMILES string of the molecule is Cc1ccc2c(c1)/C(=C/c1ccccc1Cl)C(=O)N2. The van der Waals surface area contributed by atoms with Crippen molar-refractivity contribution >= 4 is 34.8 Å². The third kappa shape index (κ3) is 2.15. The van der Waals surface area contributed by atoms with Crippen LogP contribution in [0.1, 0.15) is 16.7 Å². The van der Waals surface area contributed by atoms with Crippen LogP contribution in [0.15, 0.2) is 42.5 Å². The molecule has 1 aliphatic rings. The van der Waals surface area contributed by atoms with Gasteiger partial charge in [0.2, 0.25) is 0 Å². The first-order chi connectivity index (χ1) is 9.15. The lowest BCUT2D eigenvalue weighted by Gasteiger charge is -2.01. The molecule has 1 aliphatic heterocycles. The highest BCUT2D eigenvalue weighted by Gasteiger charge is 2.24. The van der Waals surface area contributed by atoms with Crippen LogP contribution in [0.2, 0.25) is 5.02 Å². The fourth-order valence-corrected chi connectivity index (χ4v) is 2.38. The summed E-state index contributed by atoms with van der Waals surface area (Å²) in [6, 6.07) is 13.4. The minimum atomic E-state index is -0.0829. The minimum Gasteiger partial charge on any atom is -0.321 e. The van der Waals surface area contributed by atoms with Gasteiger partial charge in [0.15, 0.2) is 0 Å². The molecule has 0 spiro atoms. The van der Waals surface area contributed by atoms with Crippen LogP contribution in [-0.4, -0.2) is 5.91 Å². The molecule has 0 unspecified atom stereocenters. The lowest BCUT2D eigenvalue weighted by molar-refractivity contribution is -0.110. The molecule has 1 heterocycles. The summed E-state index contributed by atoms with van der Waals surface area (Å²) in [5.41, 5.74) is 4.43. The highest BCUT2D eigenvalue weighted by Crippen LogP contribution is 2.34. The minimum absolute atomic E-state index is 0.0829. The predicted octanol–water partition coefficient (Wildman–Crippen LogP) is 4.14. The van der Waals surface area contributed by atoms with Gasteiger partial charge in [0, 0.05) is 21.8 Å². The Morgan fingerprint density at radius 1 is 1.16 bits per heavy atom. The first kappa shape index (κ1) is 12.0. The molecule has 0 bridgehead atoms. The zero-order valence-corrected chi connectivity index (χ0v) is 11.2. The molecule has 0 atom stereocenters. The van der Waals surface area contributed by atoms with E-state index in [2.05, 4.69) is 5.32 Å². The van der Waals surface area contributed by atoms with E-state index in [1.165, 1.54) is 0 Å². The summed E-state index contributed by atoms with van der Waals surface area (Å²) in [5.74, 6) is -0.0829. The highest BCUT2D eigenvalue weighted by atomic mass is 35.5. The summed E-state index contributed by atoms with van der Waals surface area (Å²) in [5, 5.41) is 3.51. The van der Waals surface area contributed by atoms with Crippen molar-refractivity contribution in [2.45, 2.75) is 6.92 Å². The van der Waals surface area contributed by atoms with Gasteiger partial charge in [-0.05, 0) is 36.8 Å². The van der Waals surface area contributed by atoms with Gasteiger partial charge in [0.25, 0.3) is 5.91 Å². The smallest absolute Gasteiger partial charge is 0.256 e. The maximum atomic E-state index is 12.0. The summed E-state index contributed by atoms with van der Waals surface area (Å²) in [6.45, 7) is 2.01. The van der Waals surface area contributed by atoms with E-state index in [-0.39, 0.29) is 5.91 Å². The summed E-state index contributed by atoms with van der Waals surface area (Å²) in [6.07, 6.45) is 1.84. The fraction of sp³-hybridized carbons (Fsp3) is 0.0625. The number of carbonyl (C=O) groups is 1. The fourth-order valence-electron chi connectivity index (χ4n) is 2.19. The quantitative estimate of drug-likeness (QED) is 0.775. The van der Waals surface area contributed by atoms with Gasteiger partial charge in [-0.3, -0.25) is 4.79 Å². The Hall–Kier alpha value is -2.06. The molecule has 19 heavy (non-hydrogen) atoms. The number of amides is 1. The van der Waals surface area contributed by atoms with E-state index in [4.69, 9.17) is 11.6 Å². The van der Waals surface area contributed by atoms with Crippen molar-refractivity contribution in [3.8, 4) is 0 Å². The molecule has 1 N–H and O–H groups in total. The number of hydrogen-bond acceptors (Lipinski definition) is 1. The van der Waals surface area contributed by atoms with Crippen LogP contribution >= 0.6 is 11.6 Å². The van der Waals surface area contributed by atoms with Crippen molar-refractivity contribution in [2.75, 3.05) is 5.32 Å². The molecule has 1 amide bonds. The number of fused-ring (bicyclic) bond motifs is 1. The van der Waals surface area contributed by atoms with Crippen LogP contribution in [0.4, 0.5) is 5.69 Å². The van der Waals surface area contributed by atoms with E-state index in [1.807, 2.05) is 55.5 Å². The largest absolute Gasteiger partial charge is 0.321 e. The van der Waals surface area contributed by atoms with Crippen molar-refractivity contribution in [1.29, 1.82) is 0 Å². The van der Waals surface area contributed by atoms with Gasteiger partial charge in [-0.15, -0.1) is 0 Å². The number of anilines is 1. The third-order valence-electron chi connectivity index (χ3n) is 3.16. The lowest BCUT2D eigenvalue weighted by atomic mass is 10.0. The Kier molecular flexibility index (Phi) is 2.88. The summed E-state index contributed by atoms with van der Waals surface area (Å²) >= 11 is 6.13. The third-order valence-corrected chi connectivity index (χ3v) is 3.51. The number of benzene rings is 2. The summed E-state index contributed by atoms with van der Waals surface area (Å²) in [7, 11) is 0. The zero-order chi connectivity index (χ0) is 13.4. The van der Waals surface area contributed by atoms with E-state index < -0.39 is 0 Å². The molecule has 0 saturated carbocycles. The molecule has 2 aromatic carbocycles. The van der Waals surface area contributed by atoms with E-state index in [1.54, 1.807) is 0 Å². The van der Waals surface area contributed by atoms with E-state index in [0.29, 0.717) is 10.6 Å². The molecular formula is C16H12ClNO. The first-order valence-electron chi connectivity index (χ1n) is 6.04. The number of aryl methyl sites for hydroxylation is 1. The van der Waals surface area contributed by atoms with Crippen LogP contribution < -0.4 is 5.32 Å². The molecule has 2 aromatic rings. The maximum absolute atomic E-state index is 12.0. The Bertz CT molecular complexity index is 704. The van der Waals surface area contributed by atoms with Gasteiger partial charge in [0.05, 0.1) is 0 Å². The Labute approximate surface area is 116 Å². The van der Waals surface area contributed by atoms with Crippen molar-refractivity contribution in [1.82, 2.24) is 0 Å². The standard InChI is InChI=1S/C16H12ClNO/c1-10-6-7-15-12(8-10)13(16(19)18-15)9-11-4-2-3-5-14(11)17/h2-9H,1H3,(H,18,19)/b13-9-. The molecule has 3 rings (SSSR count). The predicted molar refractivity (Wildman–Crippen MR) is 79.1 cm³/mol. The molecule has 0 aliphatic carbocycles. The van der Waals surface area contributed by atoms with Crippen molar-refractivity contribution < 1.29 is 4.79 Å². The van der Waals surface area contributed by atoms with Crippen LogP contribution in [0.25, 0.3) is 11.6 Å².